The molecule has 14 rings (SSSR count). The summed E-state index contributed by atoms with van der Waals surface area (Å²) in [6, 6.07) is 85.1. The highest BCUT2D eigenvalue weighted by Crippen LogP contribution is 2.48. The van der Waals surface area contributed by atoms with E-state index < -0.39 is 0 Å². The Morgan fingerprint density at radius 1 is 0.329 bits per heavy atom. The van der Waals surface area contributed by atoms with Gasteiger partial charge >= 0.3 is 0 Å². The van der Waals surface area contributed by atoms with Gasteiger partial charge in [-0.3, -0.25) is 0 Å². The summed E-state index contributed by atoms with van der Waals surface area (Å²) in [6.45, 7) is 9.00. The molecule has 0 heterocycles. The van der Waals surface area contributed by atoms with Crippen LogP contribution < -0.4 is 10.4 Å². The Balaban J connectivity index is 1.02. The van der Waals surface area contributed by atoms with Crippen LogP contribution in [0.4, 0.5) is 0 Å². The lowest BCUT2D eigenvalue weighted by molar-refractivity contribution is 0.724. The van der Waals surface area contributed by atoms with Gasteiger partial charge in [0.25, 0.3) is 0 Å². The minimum Gasteiger partial charge on any atom is -0.0848 e. The summed E-state index contributed by atoms with van der Waals surface area (Å²) in [5.41, 5.74) is 11.4. The van der Waals surface area contributed by atoms with Crippen molar-refractivity contribution in [2.75, 3.05) is 0 Å². The lowest BCUT2D eigenvalue weighted by atomic mass is 9.82. The molecule has 0 nitrogen and oxygen atoms in total. The zero-order valence-electron chi connectivity index (χ0n) is 45.3. The van der Waals surface area contributed by atoms with E-state index in [-0.39, 0.29) is 0 Å². The van der Waals surface area contributed by atoms with Crippen LogP contribution in [0.2, 0.25) is 0 Å². The molecule has 0 spiro atoms. The third kappa shape index (κ3) is 8.13. The Morgan fingerprint density at radius 2 is 0.747 bits per heavy atom. The molecule has 0 aliphatic heterocycles. The van der Waals surface area contributed by atoms with Crippen LogP contribution >= 0.6 is 0 Å². The van der Waals surface area contributed by atoms with E-state index in [0.29, 0.717) is 5.92 Å². The summed E-state index contributed by atoms with van der Waals surface area (Å²) in [4.78, 5) is 0. The van der Waals surface area contributed by atoms with Crippen LogP contribution in [-0.2, 0) is 6.42 Å². The quantitative estimate of drug-likeness (QED) is 0.0768. The van der Waals surface area contributed by atoms with Crippen LogP contribution in [0.15, 0.2) is 249 Å². The van der Waals surface area contributed by atoms with Crippen molar-refractivity contribution in [3.8, 4) is 44.5 Å². The van der Waals surface area contributed by atoms with Crippen molar-refractivity contribution < 1.29 is 0 Å². The largest absolute Gasteiger partial charge is 0.0848 e. The first-order chi connectivity index (χ1) is 39.0. The lowest BCUT2D eigenvalue weighted by Gasteiger charge is -2.21. The monoisotopic (exact) mass is 1010 g/mol. The van der Waals surface area contributed by atoms with Gasteiger partial charge in [0, 0.05) is 0 Å². The fourth-order valence-corrected chi connectivity index (χ4v) is 13.4. The summed E-state index contributed by atoms with van der Waals surface area (Å²) in [5.74, 6) is 0.317. The molecule has 0 fully saturated rings. The van der Waals surface area contributed by atoms with E-state index in [1.165, 1.54) is 157 Å². The standard InChI is InChI=1S/C79H60/c1-5-8-9-10-23-50(4)42-51-43-58(76-60(6-2)61(7-3)78(71-31-18-15-28-68(71)76)66-36-21-34-62-64(66)40-38-56-45-52-24-11-13-26-54(52)48-74(56)62)47-59(44-51)77-69-29-16-19-32-72(69)79(73-33-20-17-30-70(73)77)67-37-22-35-63-65(67)41-39-57-46-53-25-12-14-27-55(53)49-75(57)63/h6-41,43-50H,5,42H2,1-4H3. The smallest absolute Gasteiger partial charge is 0.00201 e. The van der Waals surface area contributed by atoms with Gasteiger partial charge in [-0.25, -0.2) is 0 Å². The van der Waals surface area contributed by atoms with Gasteiger partial charge in [-0.1, -0.05) is 244 Å². The summed E-state index contributed by atoms with van der Waals surface area (Å²) in [7, 11) is 0. The molecule has 0 N–H and O–H groups in total. The van der Waals surface area contributed by atoms with E-state index in [4.69, 9.17) is 0 Å². The Morgan fingerprint density at radius 3 is 1.25 bits per heavy atom. The van der Waals surface area contributed by atoms with Crippen LogP contribution in [0, 0.1) is 5.92 Å². The van der Waals surface area contributed by atoms with Crippen molar-refractivity contribution in [1.29, 1.82) is 0 Å². The highest BCUT2D eigenvalue weighted by molar-refractivity contribution is 6.26. The average molecular weight is 1010 g/mol. The SMILES string of the molecule is CC=c1c(-c2cc(CC(C)C=CC=CCC)cc(-c3c4ccccc4c(-c4cccc5c4ccc4cc6ccccc6cc45)c4ccccc34)c2)c2ccccc2c(-c2cccc3c2ccc2cc4ccccc4cc23)c1=CC. The van der Waals surface area contributed by atoms with Crippen molar-refractivity contribution >= 4 is 109 Å². The number of hydrogen-bond acceptors (Lipinski definition) is 0. The van der Waals surface area contributed by atoms with Crippen molar-refractivity contribution in [2.45, 2.75) is 40.5 Å². The second-order valence-corrected chi connectivity index (χ2v) is 21.6. The molecule has 0 heteroatoms. The normalized spacial score (nSPS) is 13.2. The van der Waals surface area contributed by atoms with Gasteiger partial charge in [-0.05, 0) is 220 Å². The van der Waals surface area contributed by atoms with Gasteiger partial charge in [0.15, 0.2) is 0 Å². The predicted molar refractivity (Wildman–Crippen MR) is 347 cm³/mol. The van der Waals surface area contributed by atoms with Gasteiger partial charge in [-0.2, -0.15) is 0 Å². The van der Waals surface area contributed by atoms with Crippen molar-refractivity contribution in [2.24, 2.45) is 5.92 Å². The minimum absolute atomic E-state index is 0.317. The summed E-state index contributed by atoms with van der Waals surface area (Å²) < 4.78 is 0. The van der Waals surface area contributed by atoms with Crippen molar-refractivity contribution in [1.82, 2.24) is 0 Å². The third-order valence-electron chi connectivity index (χ3n) is 16.9. The van der Waals surface area contributed by atoms with E-state index in [0.717, 1.165) is 12.8 Å². The molecule has 0 amide bonds. The van der Waals surface area contributed by atoms with Gasteiger partial charge in [0.2, 0.25) is 0 Å². The topological polar surface area (TPSA) is 0 Å². The molecule has 14 aromatic rings. The Hall–Kier alpha value is -9.36. The summed E-state index contributed by atoms with van der Waals surface area (Å²) >= 11 is 0. The first-order valence-electron chi connectivity index (χ1n) is 28.3. The molecule has 1 atom stereocenters. The van der Waals surface area contributed by atoms with E-state index in [1.54, 1.807) is 0 Å². The maximum Gasteiger partial charge on any atom is -0.00201 e. The second-order valence-electron chi connectivity index (χ2n) is 21.6. The predicted octanol–water partition coefficient (Wildman–Crippen LogP) is 21.0. The van der Waals surface area contributed by atoms with E-state index in [9.17, 15) is 0 Å². The van der Waals surface area contributed by atoms with Gasteiger partial charge < -0.3 is 0 Å². The maximum absolute atomic E-state index is 2.51. The molecule has 0 aliphatic rings. The van der Waals surface area contributed by atoms with Crippen molar-refractivity contribution in [3.63, 3.8) is 0 Å². The molecule has 1 unspecified atom stereocenters. The highest BCUT2D eigenvalue weighted by Gasteiger charge is 2.22. The molecule has 0 saturated heterocycles. The molecule has 0 aromatic heterocycles. The van der Waals surface area contributed by atoms with E-state index >= 15 is 0 Å². The lowest BCUT2D eigenvalue weighted by Crippen LogP contribution is -2.29. The number of rotatable bonds is 9. The first kappa shape index (κ1) is 48.0. The van der Waals surface area contributed by atoms with Crippen LogP contribution in [0.25, 0.3) is 154 Å². The van der Waals surface area contributed by atoms with Crippen LogP contribution in [0.5, 0.6) is 0 Å². The molecular weight excluding hydrogens is 949 g/mol. The van der Waals surface area contributed by atoms with Crippen LogP contribution in [0.1, 0.15) is 39.7 Å². The first-order valence-corrected chi connectivity index (χ1v) is 28.3. The van der Waals surface area contributed by atoms with E-state index in [2.05, 4.69) is 289 Å². The maximum atomic E-state index is 2.51. The fourth-order valence-electron chi connectivity index (χ4n) is 13.4. The van der Waals surface area contributed by atoms with Crippen LogP contribution in [-0.4, -0.2) is 0 Å². The van der Waals surface area contributed by atoms with Gasteiger partial charge in [0.05, 0.1) is 0 Å². The molecule has 79 heavy (non-hydrogen) atoms. The number of benzene rings is 14. The average Bonchev–Trinajstić information content (AvgIpc) is 3.68. The minimum atomic E-state index is 0.317. The molecular formula is C79H60. The molecule has 0 radical (unpaired) electrons. The molecule has 0 aliphatic carbocycles. The Labute approximate surface area is 462 Å². The van der Waals surface area contributed by atoms with Gasteiger partial charge in [-0.15, -0.1) is 0 Å². The van der Waals surface area contributed by atoms with E-state index in [1.807, 2.05) is 0 Å². The highest BCUT2D eigenvalue weighted by atomic mass is 14.3. The number of allylic oxidation sites excluding steroid dienone is 4. The van der Waals surface area contributed by atoms with Crippen molar-refractivity contribution in [3.05, 3.63) is 265 Å². The molecule has 376 valence electrons. The Bertz CT molecular complexity index is 4950. The number of fused-ring (bicyclic) bond motifs is 11. The zero-order chi connectivity index (χ0) is 53.1. The Kier molecular flexibility index (Phi) is 12.1. The molecule has 0 saturated carbocycles. The third-order valence-corrected chi connectivity index (χ3v) is 16.9. The molecule has 14 aromatic carbocycles. The zero-order valence-corrected chi connectivity index (χ0v) is 45.3. The van der Waals surface area contributed by atoms with Crippen LogP contribution in [0.3, 0.4) is 0 Å². The summed E-state index contributed by atoms with van der Waals surface area (Å²) in [6.07, 6.45) is 15.7. The molecule has 0 bridgehead atoms. The summed E-state index contributed by atoms with van der Waals surface area (Å²) in [5, 5.41) is 25.3. The number of hydrogen-bond donors (Lipinski definition) is 0. The second kappa shape index (κ2) is 19.9. The fraction of sp³-hybridized carbons (Fsp3) is 0.0886. The van der Waals surface area contributed by atoms with Gasteiger partial charge in [0.1, 0.15) is 0 Å².